The molecule has 0 radical (unpaired) electrons. The average molecular weight is 299 g/mol. The summed E-state index contributed by atoms with van der Waals surface area (Å²) in [4.78, 5) is 11.4. The first-order valence-electron chi connectivity index (χ1n) is 5.81. The van der Waals surface area contributed by atoms with Crippen LogP contribution in [0.3, 0.4) is 0 Å². The van der Waals surface area contributed by atoms with Crippen LogP contribution in [0.5, 0.6) is 0 Å². The van der Waals surface area contributed by atoms with Gasteiger partial charge in [0.15, 0.2) is 0 Å². The zero-order valence-corrected chi connectivity index (χ0v) is 12.4. The molecule has 0 amide bonds. The predicted octanol–water partition coefficient (Wildman–Crippen LogP) is 3.92. The van der Waals surface area contributed by atoms with Gasteiger partial charge in [0.2, 0.25) is 0 Å². The SMILES string of the molecule is COC(=O)C(C)c1ccc(CC(C)C)c(Br)c1. The van der Waals surface area contributed by atoms with Gasteiger partial charge >= 0.3 is 5.97 Å². The molecule has 0 fully saturated rings. The van der Waals surface area contributed by atoms with E-state index in [9.17, 15) is 4.79 Å². The summed E-state index contributed by atoms with van der Waals surface area (Å²) in [6.45, 7) is 6.24. The maximum atomic E-state index is 11.4. The lowest BCUT2D eigenvalue weighted by atomic mass is 9.97. The minimum atomic E-state index is -0.218. The summed E-state index contributed by atoms with van der Waals surface area (Å²) in [5.41, 5.74) is 2.26. The van der Waals surface area contributed by atoms with E-state index in [4.69, 9.17) is 4.74 Å². The van der Waals surface area contributed by atoms with Crippen LogP contribution in [0.4, 0.5) is 0 Å². The van der Waals surface area contributed by atoms with Crippen LogP contribution < -0.4 is 0 Å². The molecule has 0 aliphatic carbocycles. The molecule has 1 unspecified atom stereocenters. The molecule has 1 rings (SSSR count). The van der Waals surface area contributed by atoms with Crippen LogP contribution in [0, 0.1) is 5.92 Å². The van der Waals surface area contributed by atoms with Crippen molar-refractivity contribution in [3.63, 3.8) is 0 Å². The van der Waals surface area contributed by atoms with Crippen molar-refractivity contribution in [2.45, 2.75) is 33.1 Å². The van der Waals surface area contributed by atoms with Gasteiger partial charge in [0.05, 0.1) is 13.0 Å². The highest BCUT2D eigenvalue weighted by molar-refractivity contribution is 9.10. The highest BCUT2D eigenvalue weighted by Gasteiger charge is 2.16. The molecule has 0 heterocycles. The minimum absolute atomic E-state index is 0.200. The van der Waals surface area contributed by atoms with Gasteiger partial charge in [0, 0.05) is 4.47 Å². The van der Waals surface area contributed by atoms with E-state index in [-0.39, 0.29) is 11.9 Å². The Labute approximate surface area is 111 Å². The number of methoxy groups -OCH3 is 1. The summed E-state index contributed by atoms with van der Waals surface area (Å²) < 4.78 is 5.82. The fourth-order valence-electron chi connectivity index (χ4n) is 1.75. The number of hydrogen-bond donors (Lipinski definition) is 0. The first-order valence-corrected chi connectivity index (χ1v) is 6.61. The summed E-state index contributed by atoms with van der Waals surface area (Å²) in [6.07, 6.45) is 1.04. The molecule has 0 spiro atoms. The van der Waals surface area contributed by atoms with Crippen LogP contribution in [-0.2, 0) is 16.0 Å². The van der Waals surface area contributed by atoms with Gasteiger partial charge in [-0.2, -0.15) is 0 Å². The third-order valence-corrected chi connectivity index (χ3v) is 3.50. The van der Waals surface area contributed by atoms with E-state index in [0.29, 0.717) is 5.92 Å². The van der Waals surface area contributed by atoms with Gasteiger partial charge in [-0.25, -0.2) is 0 Å². The van der Waals surface area contributed by atoms with Crippen molar-refractivity contribution in [3.8, 4) is 0 Å². The van der Waals surface area contributed by atoms with Crippen LogP contribution >= 0.6 is 15.9 Å². The van der Waals surface area contributed by atoms with Crippen LogP contribution in [0.15, 0.2) is 22.7 Å². The Morgan fingerprint density at radius 2 is 2.00 bits per heavy atom. The van der Waals surface area contributed by atoms with Crippen molar-refractivity contribution in [3.05, 3.63) is 33.8 Å². The topological polar surface area (TPSA) is 26.3 Å². The van der Waals surface area contributed by atoms with Crippen molar-refractivity contribution < 1.29 is 9.53 Å². The number of carbonyl (C=O) groups is 1. The fraction of sp³-hybridized carbons (Fsp3) is 0.500. The molecule has 0 aliphatic heterocycles. The molecule has 1 atom stereocenters. The lowest BCUT2D eigenvalue weighted by Gasteiger charge is -2.13. The second kappa shape index (κ2) is 6.20. The molecule has 0 bridgehead atoms. The summed E-state index contributed by atoms with van der Waals surface area (Å²) in [6, 6.07) is 6.10. The van der Waals surface area contributed by atoms with E-state index in [1.807, 2.05) is 19.1 Å². The highest BCUT2D eigenvalue weighted by atomic mass is 79.9. The second-order valence-corrected chi connectivity index (χ2v) is 5.55. The molecule has 2 nitrogen and oxygen atoms in total. The maximum absolute atomic E-state index is 11.4. The van der Waals surface area contributed by atoms with Crippen molar-refractivity contribution in [2.24, 2.45) is 5.92 Å². The molecule has 0 saturated heterocycles. The average Bonchev–Trinajstić information content (AvgIpc) is 2.29. The Balaban J connectivity index is 2.92. The van der Waals surface area contributed by atoms with Crippen LogP contribution in [0.1, 0.15) is 37.8 Å². The van der Waals surface area contributed by atoms with E-state index in [1.165, 1.54) is 12.7 Å². The molecule has 0 aliphatic rings. The van der Waals surface area contributed by atoms with Crippen LogP contribution in [-0.4, -0.2) is 13.1 Å². The molecule has 3 heteroatoms. The van der Waals surface area contributed by atoms with Gasteiger partial charge in [-0.1, -0.05) is 41.9 Å². The maximum Gasteiger partial charge on any atom is 0.312 e. The molecular weight excluding hydrogens is 280 g/mol. The lowest BCUT2D eigenvalue weighted by Crippen LogP contribution is -2.11. The molecular formula is C14H19BrO2. The quantitative estimate of drug-likeness (QED) is 0.788. The van der Waals surface area contributed by atoms with E-state index >= 15 is 0 Å². The van der Waals surface area contributed by atoms with Gasteiger partial charge in [0.25, 0.3) is 0 Å². The van der Waals surface area contributed by atoms with Crippen molar-refractivity contribution in [1.82, 2.24) is 0 Å². The van der Waals surface area contributed by atoms with E-state index < -0.39 is 0 Å². The van der Waals surface area contributed by atoms with E-state index in [0.717, 1.165) is 16.5 Å². The number of ether oxygens (including phenoxy) is 1. The summed E-state index contributed by atoms with van der Waals surface area (Å²) in [5.74, 6) is 0.202. The van der Waals surface area contributed by atoms with Gasteiger partial charge < -0.3 is 4.74 Å². The monoisotopic (exact) mass is 298 g/mol. The number of halogens is 1. The Morgan fingerprint density at radius 1 is 1.35 bits per heavy atom. The first kappa shape index (κ1) is 14.2. The Bertz CT molecular complexity index is 399. The van der Waals surface area contributed by atoms with Crippen molar-refractivity contribution >= 4 is 21.9 Å². The van der Waals surface area contributed by atoms with Crippen LogP contribution in [0.25, 0.3) is 0 Å². The van der Waals surface area contributed by atoms with Crippen LogP contribution in [0.2, 0.25) is 0 Å². The number of carbonyl (C=O) groups excluding carboxylic acids is 1. The largest absolute Gasteiger partial charge is 0.469 e. The number of esters is 1. The standard InChI is InChI=1S/C14H19BrO2/c1-9(2)7-12-6-5-11(8-13(12)15)10(3)14(16)17-4/h5-6,8-10H,7H2,1-4H3. The number of rotatable bonds is 4. The predicted molar refractivity (Wildman–Crippen MR) is 73.1 cm³/mol. The number of hydrogen-bond acceptors (Lipinski definition) is 2. The first-order chi connectivity index (χ1) is 7.95. The minimum Gasteiger partial charge on any atom is -0.469 e. The molecule has 0 aromatic heterocycles. The van der Waals surface area contributed by atoms with Crippen molar-refractivity contribution in [1.29, 1.82) is 0 Å². The molecule has 0 saturated carbocycles. The smallest absolute Gasteiger partial charge is 0.312 e. The molecule has 1 aromatic rings. The highest BCUT2D eigenvalue weighted by Crippen LogP contribution is 2.25. The van der Waals surface area contributed by atoms with Gasteiger partial charge in [0.1, 0.15) is 0 Å². The lowest BCUT2D eigenvalue weighted by molar-refractivity contribution is -0.141. The molecule has 94 valence electrons. The second-order valence-electron chi connectivity index (χ2n) is 4.69. The van der Waals surface area contributed by atoms with E-state index in [2.05, 4.69) is 35.8 Å². The third kappa shape index (κ3) is 3.84. The number of benzene rings is 1. The molecule has 17 heavy (non-hydrogen) atoms. The Kier molecular flexibility index (Phi) is 5.19. The zero-order valence-electron chi connectivity index (χ0n) is 10.8. The summed E-state index contributed by atoms with van der Waals surface area (Å²) >= 11 is 3.56. The van der Waals surface area contributed by atoms with Gasteiger partial charge in [-0.15, -0.1) is 0 Å². The third-order valence-electron chi connectivity index (χ3n) is 2.76. The summed E-state index contributed by atoms with van der Waals surface area (Å²) in [7, 11) is 1.42. The molecule has 1 aromatic carbocycles. The zero-order chi connectivity index (χ0) is 13.0. The van der Waals surface area contributed by atoms with Crippen molar-refractivity contribution in [2.75, 3.05) is 7.11 Å². The summed E-state index contributed by atoms with van der Waals surface area (Å²) in [5, 5.41) is 0. The van der Waals surface area contributed by atoms with Gasteiger partial charge in [-0.05, 0) is 36.5 Å². The fourth-order valence-corrected chi connectivity index (χ4v) is 2.31. The normalized spacial score (nSPS) is 12.6. The Morgan fingerprint density at radius 3 is 2.47 bits per heavy atom. The van der Waals surface area contributed by atoms with E-state index in [1.54, 1.807) is 0 Å². The van der Waals surface area contributed by atoms with Gasteiger partial charge in [-0.3, -0.25) is 4.79 Å². The molecule has 0 N–H and O–H groups in total. The Hall–Kier alpha value is -0.830.